The summed E-state index contributed by atoms with van der Waals surface area (Å²) in [4.78, 5) is 11.7. The lowest BCUT2D eigenvalue weighted by Gasteiger charge is -2.09. The molecule has 0 aromatic heterocycles. The fourth-order valence-electron chi connectivity index (χ4n) is 1.50. The van der Waals surface area contributed by atoms with Crippen LogP contribution in [0.5, 0.6) is 5.75 Å². The maximum absolute atomic E-state index is 11.7. The smallest absolute Gasteiger partial charge is 0.166 e. The third kappa shape index (κ3) is 2.82. The zero-order chi connectivity index (χ0) is 11.4. The van der Waals surface area contributed by atoms with E-state index in [0.717, 1.165) is 12.0 Å². The van der Waals surface area contributed by atoms with E-state index in [4.69, 9.17) is 0 Å². The molecule has 0 amide bonds. The molecule has 0 heterocycles. The Balaban J connectivity index is 3.05. The van der Waals surface area contributed by atoms with Crippen molar-refractivity contribution in [3.05, 3.63) is 29.3 Å². The Morgan fingerprint density at radius 3 is 2.60 bits per heavy atom. The second-order valence-electron chi connectivity index (χ2n) is 4.10. The second-order valence-corrected chi connectivity index (χ2v) is 4.10. The third-order valence-electron chi connectivity index (χ3n) is 2.46. The van der Waals surface area contributed by atoms with E-state index in [1.165, 1.54) is 0 Å². The number of rotatable bonds is 4. The minimum atomic E-state index is 0.0255. The molecule has 1 rings (SSSR count). The van der Waals surface area contributed by atoms with Crippen LogP contribution in [0.3, 0.4) is 0 Å². The SMILES string of the molecule is CCCC(=O)c1cc(C(C)C)ccc1O. The Labute approximate surface area is 90.9 Å². The van der Waals surface area contributed by atoms with Crippen LogP contribution in [-0.2, 0) is 0 Å². The normalized spacial score (nSPS) is 10.7. The van der Waals surface area contributed by atoms with Gasteiger partial charge in [0.05, 0.1) is 5.56 Å². The van der Waals surface area contributed by atoms with Gasteiger partial charge in [0, 0.05) is 6.42 Å². The van der Waals surface area contributed by atoms with Crippen LogP contribution in [0.15, 0.2) is 18.2 Å². The fourth-order valence-corrected chi connectivity index (χ4v) is 1.50. The highest BCUT2D eigenvalue weighted by atomic mass is 16.3. The molecule has 0 spiro atoms. The van der Waals surface area contributed by atoms with Crippen molar-refractivity contribution in [3.63, 3.8) is 0 Å². The molecule has 0 bridgehead atoms. The molecule has 82 valence electrons. The van der Waals surface area contributed by atoms with Gasteiger partial charge in [-0.1, -0.05) is 26.8 Å². The van der Waals surface area contributed by atoms with Crippen LogP contribution in [0.2, 0.25) is 0 Å². The summed E-state index contributed by atoms with van der Waals surface area (Å²) in [5.41, 5.74) is 1.55. The molecule has 2 heteroatoms. The van der Waals surface area contributed by atoms with Gasteiger partial charge in [-0.3, -0.25) is 4.79 Å². The van der Waals surface area contributed by atoms with Gasteiger partial charge in [0.1, 0.15) is 5.75 Å². The lowest BCUT2D eigenvalue weighted by atomic mass is 9.97. The first-order chi connectivity index (χ1) is 7.06. The van der Waals surface area contributed by atoms with Crippen molar-refractivity contribution in [1.29, 1.82) is 0 Å². The molecule has 0 fully saturated rings. The highest BCUT2D eigenvalue weighted by molar-refractivity contribution is 5.98. The van der Waals surface area contributed by atoms with E-state index in [-0.39, 0.29) is 11.5 Å². The number of benzene rings is 1. The van der Waals surface area contributed by atoms with Gasteiger partial charge in [-0.15, -0.1) is 0 Å². The molecule has 0 atom stereocenters. The molecule has 0 saturated heterocycles. The Morgan fingerprint density at radius 1 is 1.40 bits per heavy atom. The molecule has 2 nitrogen and oxygen atoms in total. The van der Waals surface area contributed by atoms with E-state index >= 15 is 0 Å². The molecule has 1 aromatic carbocycles. The van der Waals surface area contributed by atoms with Crippen molar-refractivity contribution in [2.75, 3.05) is 0 Å². The number of phenols is 1. The topological polar surface area (TPSA) is 37.3 Å². The van der Waals surface area contributed by atoms with Crippen LogP contribution < -0.4 is 0 Å². The Kier molecular flexibility index (Phi) is 3.89. The zero-order valence-corrected chi connectivity index (χ0v) is 9.58. The molecule has 0 aliphatic rings. The van der Waals surface area contributed by atoms with Crippen LogP contribution in [0.25, 0.3) is 0 Å². The summed E-state index contributed by atoms with van der Waals surface area (Å²) in [6.07, 6.45) is 1.30. The largest absolute Gasteiger partial charge is 0.507 e. The molecular formula is C13H18O2. The molecule has 1 N–H and O–H groups in total. The summed E-state index contributed by atoms with van der Waals surface area (Å²) in [5.74, 6) is 0.495. The van der Waals surface area contributed by atoms with Crippen molar-refractivity contribution in [2.45, 2.75) is 39.5 Å². The minimum absolute atomic E-state index is 0.0255. The summed E-state index contributed by atoms with van der Waals surface area (Å²) in [7, 11) is 0. The Morgan fingerprint density at radius 2 is 2.07 bits per heavy atom. The Hall–Kier alpha value is -1.31. The van der Waals surface area contributed by atoms with Gasteiger partial charge in [0.25, 0.3) is 0 Å². The van der Waals surface area contributed by atoms with Gasteiger partial charge < -0.3 is 5.11 Å². The van der Waals surface area contributed by atoms with Crippen LogP contribution in [0.4, 0.5) is 0 Å². The number of aromatic hydroxyl groups is 1. The standard InChI is InChI=1S/C13H18O2/c1-4-5-12(14)11-8-10(9(2)3)6-7-13(11)15/h6-9,15H,4-5H2,1-3H3. The van der Waals surface area contributed by atoms with E-state index in [0.29, 0.717) is 17.9 Å². The van der Waals surface area contributed by atoms with Crippen LogP contribution in [0.1, 0.15) is 55.5 Å². The average molecular weight is 206 g/mol. The molecule has 0 saturated carbocycles. The molecule has 0 aliphatic carbocycles. The lowest BCUT2D eigenvalue weighted by Crippen LogP contribution is -2.00. The second kappa shape index (κ2) is 4.96. The summed E-state index contributed by atoms with van der Waals surface area (Å²) in [5, 5.41) is 9.59. The maximum Gasteiger partial charge on any atom is 0.166 e. The number of carbonyl (C=O) groups is 1. The number of carbonyl (C=O) groups excluding carboxylic acids is 1. The molecule has 0 unspecified atom stereocenters. The molecule has 1 aromatic rings. The van der Waals surface area contributed by atoms with Crippen molar-refractivity contribution < 1.29 is 9.90 Å². The van der Waals surface area contributed by atoms with Gasteiger partial charge >= 0.3 is 0 Å². The van der Waals surface area contributed by atoms with E-state index in [2.05, 4.69) is 13.8 Å². The molecule has 0 aliphatic heterocycles. The summed E-state index contributed by atoms with van der Waals surface area (Å²) < 4.78 is 0. The van der Waals surface area contributed by atoms with E-state index in [1.807, 2.05) is 13.0 Å². The van der Waals surface area contributed by atoms with Crippen molar-refractivity contribution in [2.24, 2.45) is 0 Å². The predicted molar refractivity (Wildman–Crippen MR) is 61.4 cm³/mol. The van der Waals surface area contributed by atoms with Crippen molar-refractivity contribution in [3.8, 4) is 5.75 Å². The van der Waals surface area contributed by atoms with Gasteiger partial charge in [0.2, 0.25) is 0 Å². The Bertz CT molecular complexity index is 354. The van der Waals surface area contributed by atoms with Crippen molar-refractivity contribution >= 4 is 5.78 Å². The first-order valence-corrected chi connectivity index (χ1v) is 5.42. The monoisotopic (exact) mass is 206 g/mol. The quantitative estimate of drug-likeness (QED) is 0.765. The van der Waals surface area contributed by atoms with E-state index in [1.54, 1.807) is 12.1 Å². The van der Waals surface area contributed by atoms with Crippen LogP contribution in [0, 0.1) is 0 Å². The zero-order valence-electron chi connectivity index (χ0n) is 9.58. The van der Waals surface area contributed by atoms with Gasteiger partial charge in [-0.2, -0.15) is 0 Å². The maximum atomic E-state index is 11.7. The number of hydrogen-bond donors (Lipinski definition) is 1. The number of phenolic OH excluding ortho intramolecular Hbond substituents is 1. The summed E-state index contributed by atoms with van der Waals surface area (Å²) in [6.45, 7) is 6.10. The summed E-state index contributed by atoms with van der Waals surface area (Å²) >= 11 is 0. The first-order valence-electron chi connectivity index (χ1n) is 5.42. The van der Waals surface area contributed by atoms with Gasteiger partial charge in [-0.05, 0) is 30.0 Å². The van der Waals surface area contributed by atoms with E-state index < -0.39 is 0 Å². The van der Waals surface area contributed by atoms with Gasteiger partial charge in [-0.25, -0.2) is 0 Å². The van der Waals surface area contributed by atoms with Gasteiger partial charge in [0.15, 0.2) is 5.78 Å². The highest BCUT2D eigenvalue weighted by Gasteiger charge is 2.11. The van der Waals surface area contributed by atoms with Crippen LogP contribution >= 0.6 is 0 Å². The molecular weight excluding hydrogens is 188 g/mol. The summed E-state index contributed by atoms with van der Waals surface area (Å²) in [6, 6.07) is 5.28. The number of ketones is 1. The number of Topliss-reactive ketones (excluding diaryl/α,β-unsaturated/α-hetero) is 1. The number of hydrogen-bond acceptors (Lipinski definition) is 2. The highest BCUT2D eigenvalue weighted by Crippen LogP contribution is 2.24. The van der Waals surface area contributed by atoms with E-state index in [9.17, 15) is 9.90 Å². The van der Waals surface area contributed by atoms with Crippen molar-refractivity contribution in [1.82, 2.24) is 0 Å². The van der Waals surface area contributed by atoms with Crippen LogP contribution in [-0.4, -0.2) is 10.9 Å². The predicted octanol–water partition coefficient (Wildman–Crippen LogP) is 3.50. The molecule has 15 heavy (non-hydrogen) atoms. The fraction of sp³-hybridized carbons (Fsp3) is 0.462. The minimum Gasteiger partial charge on any atom is -0.507 e. The lowest BCUT2D eigenvalue weighted by molar-refractivity contribution is 0.0979. The third-order valence-corrected chi connectivity index (χ3v) is 2.46. The first kappa shape index (κ1) is 11.8. The molecule has 0 radical (unpaired) electrons. The average Bonchev–Trinajstić information content (AvgIpc) is 2.18.